The molecule has 23 heavy (non-hydrogen) atoms. The Morgan fingerprint density at radius 2 is 2.04 bits per heavy atom. The highest BCUT2D eigenvalue weighted by Gasteiger charge is 2.22. The summed E-state index contributed by atoms with van der Waals surface area (Å²) in [5.41, 5.74) is 2.31. The van der Waals surface area contributed by atoms with Crippen LogP contribution in [0, 0.1) is 6.92 Å². The fourth-order valence-electron chi connectivity index (χ4n) is 2.18. The van der Waals surface area contributed by atoms with E-state index in [4.69, 9.17) is 9.84 Å². The molecule has 7 heteroatoms. The minimum atomic E-state index is -1.01. The highest BCUT2D eigenvalue weighted by Crippen LogP contribution is 2.20. The number of carboxylic acid groups (broad SMARTS) is 1. The third-order valence-electron chi connectivity index (χ3n) is 3.53. The Hall–Kier alpha value is -2.83. The Morgan fingerprint density at radius 1 is 1.35 bits per heavy atom. The van der Waals surface area contributed by atoms with Crippen LogP contribution in [0.5, 0.6) is 0 Å². The predicted molar refractivity (Wildman–Crippen MR) is 82.7 cm³/mol. The number of rotatable bonds is 6. The van der Waals surface area contributed by atoms with Gasteiger partial charge in [0, 0.05) is 18.3 Å². The number of aliphatic carboxylic acids is 1. The average Bonchev–Trinajstić information content (AvgIpc) is 2.85. The van der Waals surface area contributed by atoms with Crippen molar-refractivity contribution in [2.75, 3.05) is 0 Å². The summed E-state index contributed by atoms with van der Waals surface area (Å²) in [5, 5.41) is 15.7. The Bertz CT molecular complexity index is 682. The molecule has 0 aliphatic heterocycles. The zero-order valence-corrected chi connectivity index (χ0v) is 13.0. The van der Waals surface area contributed by atoms with Crippen molar-refractivity contribution >= 4 is 12.1 Å². The molecule has 0 unspecified atom stereocenters. The van der Waals surface area contributed by atoms with E-state index in [2.05, 4.69) is 10.4 Å². The summed E-state index contributed by atoms with van der Waals surface area (Å²) < 4.78 is 6.76. The predicted octanol–water partition coefficient (Wildman–Crippen LogP) is 2.17. The van der Waals surface area contributed by atoms with E-state index in [9.17, 15) is 9.59 Å². The third kappa shape index (κ3) is 4.57. The minimum Gasteiger partial charge on any atom is -0.481 e. The van der Waals surface area contributed by atoms with Crippen LogP contribution in [0.25, 0.3) is 0 Å². The van der Waals surface area contributed by atoms with Crippen molar-refractivity contribution in [3.05, 3.63) is 53.3 Å². The summed E-state index contributed by atoms with van der Waals surface area (Å²) in [6.45, 7) is 1.94. The maximum atomic E-state index is 11.9. The Labute approximate surface area is 133 Å². The van der Waals surface area contributed by atoms with Crippen LogP contribution < -0.4 is 5.32 Å². The number of aryl methyl sites for hydroxylation is 1. The largest absolute Gasteiger partial charge is 0.481 e. The van der Waals surface area contributed by atoms with E-state index in [1.807, 2.05) is 37.3 Å². The van der Waals surface area contributed by atoms with Gasteiger partial charge in [-0.1, -0.05) is 30.3 Å². The minimum absolute atomic E-state index is 0.123. The number of nitrogens with one attached hydrogen (secondary N) is 1. The topological polar surface area (TPSA) is 93.5 Å². The summed E-state index contributed by atoms with van der Waals surface area (Å²) in [6.07, 6.45) is 0.649. The summed E-state index contributed by atoms with van der Waals surface area (Å²) in [4.78, 5) is 23.0. The number of ether oxygens (including phenoxy) is 1. The zero-order chi connectivity index (χ0) is 16.8. The number of hydrogen-bond acceptors (Lipinski definition) is 4. The van der Waals surface area contributed by atoms with Gasteiger partial charge < -0.3 is 15.2 Å². The maximum Gasteiger partial charge on any atom is 0.407 e. The molecule has 1 heterocycles. The molecule has 0 aliphatic carbocycles. The van der Waals surface area contributed by atoms with Gasteiger partial charge in [-0.05, 0) is 12.5 Å². The number of alkyl carbamates (subject to hydrolysis) is 1. The molecular formula is C16H19N3O4. The number of amides is 1. The van der Waals surface area contributed by atoms with Crippen LogP contribution >= 0.6 is 0 Å². The fourth-order valence-corrected chi connectivity index (χ4v) is 2.18. The number of carbonyl (C=O) groups is 2. The highest BCUT2D eigenvalue weighted by molar-refractivity contribution is 5.72. The van der Waals surface area contributed by atoms with Crippen LogP contribution in [0.2, 0.25) is 0 Å². The summed E-state index contributed by atoms with van der Waals surface area (Å²) in [6, 6.07) is 8.56. The zero-order valence-electron chi connectivity index (χ0n) is 13.0. The number of carboxylic acids is 1. The van der Waals surface area contributed by atoms with Crippen molar-refractivity contribution in [1.29, 1.82) is 0 Å². The smallest absolute Gasteiger partial charge is 0.407 e. The van der Waals surface area contributed by atoms with Crippen molar-refractivity contribution < 1.29 is 19.4 Å². The SMILES string of the molecule is Cc1c([C@@H](CC(=O)O)NC(=O)OCc2ccccc2)cnn1C. The van der Waals surface area contributed by atoms with Crippen molar-refractivity contribution in [3.63, 3.8) is 0 Å². The Morgan fingerprint density at radius 3 is 2.61 bits per heavy atom. The molecule has 0 fully saturated rings. The molecule has 0 aliphatic rings. The number of aromatic nitrogens is 2. The van der Waals surface area contributed by atoms with E-state index in [1.54, 1.807) is 17.9 Å². The normalized spacial score (nSPS) is 11.7. The second kappa shape index (κ2) is 7.44. The van der Waals surface area contributed by atoms with E-state index in [0.717, 1.165) is 11.3 Å². The molecule has 7 nitrogen and oxygen atoms in total. The molecule has 0 saturated heterocycles. The van der Waals surface area contributed by atoms with Crippen LogP contribution in [0.4, 0.5) is 4.79 Å². The second-order valence-electron chi connectivity index (χ2n) is 5.17. The number of nitrogens with zero attached hydrogens (tertiary/aromatic N) is 2. The first-order chi connectivity index (χ1) is 11.0. The molecule has 2 rings (SSSR count). The fraction of sp³-hybridized carbons (Fsp3) is 0.312. The van der Waals surface area contributed by atoms with E-state index in [0.29, 0.717) is 5.56 Å². The van der Waals surface area contributed by atoms with Gasteiger partial charge in [-0.25, -0.2) is 4.79 Å². The van der Waals surface area contributed by atoms with Crippen molar-refractivity contribution in [3.8, 4) is 0 Å². The van der Waals surface area contributed by atoms with E-state index < -0.39 is 18.1 Å². The van der Waals surface area contributed by atoms with Gasteiger partial charge in [-0.2, -0.15) is 5.10 Å². The van der Waals surface area contributed by atoms with Gasteiger partial charge in [0.05, 0.1) is 18.7 Å². The molecule has 1 amide bonds. The second-order valence-corrected chi connectivity index (χ2v) is 5.17. The van der Waals surface area contributed by atoms with Crippen LogP contribution in [0.3, 0.4) is 0 Å². The molecule has 0 bridgehead atoms. The van der Waals surface area contributed by atoms with Gasteiger partial charge in [0.2, 0.25) is 0 Å². The van der Waals surface area contributed by atoms with Gasteiger partial charge in [-0.15, -0.1) is 0 Å². The molecule has 0 radical (unpaired) electrons. The quantitative estimate of drug-likeness (QED) is 0.851. The van der Waals surface area contributed by atoms with Gasteiger partial charge in [0.25, 0.3) is 0 Å². The van der Waals surface area contributed by atoms with E-state index in [-0.39, 0.29) is 13.0 Å². The maximum absolute atomic E-state index is 11.9. The molecule has 2 N–H and O–H groups in total. The van der Waals surface area contributed by atoms with Gasteiger partial charge >= 0.3 is 12.1 Å². The lowest BCUT2D eigenvalue weighted by atomic mass is 10.1. The monoisotopic (exact) mass is 317 g/mol. The molecule has 1 aromatic carbocycles. The molecule has 0 saturated carbocycles. The number of benzene rings is 1. The molecule has 2 aromatic rings. The first-order valence-corrected chi connectivity index (χ1v) is 7.15. The van der Waals surface area contributed by atoms with Gasteiger partial charge in [0.15, 0.2) is 0 Å². The summed E-state index contributed by atoms with van der Waals surface area (Å²) in [7, 11) is 1.75. The molecule has 1 aromatic heterocycles. The van der Waals surface area contributed by atoms with Crippen molar-refractivity contribution in [2.45, 2.75) is 26.0 Å². The van der Waals surface area contributed by atoms with Crippen molar-refractivity contribution in [1.82, 2.24) is 15.1 Å². The Kier molecular flexibility index (Phi) is 5.35. The average molecular weight is 317 g/mol. The van der Waals surface area contributed by atoms with Crippen LogP contribution in [0.15, 0.2) is 36.5 Å². The highest BCUT2D eigenvalue weighted by atomic mass is 16.5. The standard InChI is InChI=1S/C16H19N3O4/c1-11-13(9-17-19(11)2)14(8-15(20)21)18-16(22)23-10-12-6-4-3-5-7-12/h3-7,9,14H,8,10H2,1-2H3,(H,18,22)(H,20,21)/t14-/m1/s1. The molecule has 1 atom stereocenters. The third-order valence-corrected chi connectivity index (χ3v) is 3.53. The molecule has 122 valence electrons. The van der Waals surface area contributed by atoms with Crippen molar-refractivity contribution in [2.24, 2.45) is 7.05 Å². The van der Waals surface area contributed by atoms with E-state index >= 15 is 0 Å². The molecular weight excluding hydrogens is 298 g/mol. The van der Waals surface area contributed by atoms with Crippen LogP contribution in [0.1, 0.15) is 29.3 Å². The lowest BCUT2D eigenvalue weighted by molar-refractivity contribution is -0.137. The number of hydrogen-bond donors (Lipinski definition) is 2. The first-order valence-electron chi connectivity index (χ1n) is 7.15. The van der Waals surface area contributed by atoms with E-state index in [1.165, 1.54) is 0 Å². The Balaban J connectivity index is 2.01. The van der Waals surface area contributed by atoms with Crippen LogP contribution in [-0.2, 0) is 23.2 Å². The van der Waals surface area contributed by atoms with Gasteiger partial charge in [-0.3, -0.25) is 9.48 Å². The summed E-state index contributed by atoms with van der Waals surface area (Å²) >= 11 is 0. The number of carbonyl (C=O) groups excluding carboxylic acids is 1. The lowest BCUT2D eigenvalue weighted by Gasteiger charge is -2.17. The van der Waals surface area contributed by atoms with Crippen LogP contribution in [-0.4, -0.2) is 26.9 Å². The molecule has 0 spiro atoms. The summed E-state index contributed by atoms with van der Waals surface area (Å²) in [5.74, 6) is -1.01. The van der Waals surface area contributed by atoms with Gasteiger partial charge in [0.1, 0.15) is 6.61 Å². The lowest BCUT2D eigenvalue weighted by Crippen LogP contribution is -2.31. The first kappa shape index (κ1) is 16.5.